The van der Waals surface area contributed by atoms with E-state index in [9.17, 15) is 9.67 Å². The van der Waals surface area contributed by atoms with Gasteiger partial charge in [0.1, 0.15) is 18.3 Å². The minimum atomic E-state index is -3.55. The molecule has 0 amide bonds. The van der Waals surface area contributed by atoms with Crippen molar-refractivity contribution in [2.45, 2.75) is 56.8 Å². The fourth-order valence-electron chi connectivity index (χ4n) is 5.20. The van der Waals surface area contributed by atoms with Gasteiger partial charge >= 0.3 is 0 Å². The second-order valence-electron chi connectivity index (χ2n) is 10.6. The van der Waals surface area contributed by atoms with E-state index in [1.165, 1.54) is 0 Å². The highest BCUT2D eigenvalue weighted by Gasteiger charge is 2.52. The first kappa shape index (κ1) is 30.4. The van der Waals surface area contributed by atoms with Gasteiger partial charge in [0.05, 0.1) is 26.4 Å². The average Bonchev–Trinajstić information content (AvgIpc) is 3.03. The van der Waals surface area contributed by atoms with Gasteiger partial charge in [0.25, 0.3) is 0 Å². The van der Waals surface area contributed by atoms with Crippen molar-refractivity contribution in [1.82, 2.24) is 0 Å². The Balaban J connectivity index is 1.36. The summed E-state index contributed by atoms with van der Waals surface area (Å²) in [6.07, 6.45) is -0.679. The molecule has 0 aromatic heterocycles. The molecule has 6 nitrogen and oxygen atoms in total. The molecule has 1 aliphatic rings. The number of aliphatic hydroxyl groups excluding tert-OH is 1. The van der Waals surface area contributed by atoms with Crippen molar-refractivity contribution in [3.8, 4) is 0 Å². The zero-order valence-electron chi connectivity index (χ0n) is 23.7. The van der Waals surface area contributed by atoms with Gasteiger partial charge < -0.3 is 23.8 Å². The van der Waals surface area contributed by atoms with Gasteiger partial charge in [-0.2, -0.15) is 0 Å². The van der Waals surface area contributed by atoms with Crippen LogP contribution in [0.2, 0.25) is 0 Å². The quantitative estimate of drug-likeness (QED) is 0.160. The van der Waals surface area contributed by atoms with Crippen molar-refractivity contribution in [1.29, 1.82) is 0 Å². The van der Waals surface area contributed by atoms with Crippen molar-refractivity contribution in [3.63, 3.8) is 0 Å². The van der Waals surface area contributed by atoms with E-state index in [2.05, 4.69) is 0 Å². The van der Waals surface area contributed by atoms with Gasteiger partial charge in [-0.05, 0) is 35.1 Å². The van der Waals surface area contributed by atoms with Crippen LogP contribution in [0.25, 0.3) is 0 Å². The van der Waals surface area contributed by atoms with Gasteiger partial charge in [-0.15, -0.1) is 0 Å². The lowest BCUT2D eigenvalue weighted by atomic mass is 10.1. The van der Waals surface area contributed by atoms with E-state index in [-0.39, 0.29) is 19.4 Å². The Hall–Kier alpha value is -3.09. The number of hydrogen-bond donors (Lipinski definition) is 1. The van der Waals surface area contributed by atoms with Crippen LogP contribution in [0, 0.1) is 0 Å². The molecule has 42 heavy (non-hydrogen) atoms. The second-order valence-corrected chi connectivity index (χ2v) is 13.3. The standard InChI is InChI=1S/C35H39O6P/c36-35-34(40-26-31-20-11-4-12-21-31)33(39-25-30-18-9-3-10-19-30)32(27-38-24-29-16-7-2-8-17-29)41-42(35,37)23-13-22-28-14-5-1-6-15-28/h1-12,14-21,32-36H,13,22-27H2. The van der Waals surface area contributed by atoms with Crippen molar-refractivity contribution in [2.75, 3.05) is 12.8 Å². The molecule has 0 bridgehead atoms. The fraction of sp³-hybridized carbons (Fsp3) is 0.314. The Morgan fingerprint density at radius 3 is 1.60 bits per heavy atom. The third-order valence-corrected chi connectivity index (χ3v) is 10.1. The molecule has 5 unspecified atom stereocenters. The van der Waals surface area contributed by atoms with Crippen LogP contribution in [-0.2, 0) is 49.5 Å². The monoisotopic (exact) mass is 586 g/mol. The van der Waals surface area contributed by atoms with Crippen LogP contribution in [-0.4, -0.2) is 42.0 Å². The summed E-state index contributed by atoms with van der Waals surface area (Å²) in [7, 11) is -3.55. The van der Waals surface area contributed by atoms with Gasteiger partial charge in [-0.25, -0.2) is 0 Å². The summed E-state index contributed by atoms with van der Waals surface area (Å²) in [5.41, 5.74) is 4.11. The Labute approximate surface area is 248 Å². The third-order valence-electron chi connectivity index (χ3n) is 7.44. The summed E-state index contributed by atoms with van der Waals surface area (Å²) in [5, 5.41) is 11.6. The van der Waals surface area contributed by atoms with Crippen molar-refractivity contribution in [2.24, 2.45) is 0 Å². The molecule has 0 radical (unpaired) electrons. The largest absolute Gasteiger partial charge is 0.380 e. The summed E-state index contributed by atoms with van der Waals surface area (Å²) in [6, 6.07) is 39.5. The Morgan fingerprint density at radius 1 is 0.619 bits per heavy atom. The molecule has 7 heteroatoms. The van der Waals surface area contributed by atoms with Gasteiger partial charge in [-0.1, -0.05) is 121 Å². The number of ether oxygens (including phenoxy) is 3. The first-order valence-electron chi connectivity index (χ1n) is 14.5. The molecule has 1 fully saturated rings. The zero-order chi connectivity index (χ0) is 29.0. The van der Waals surface area contributed by atoms with Crippen LogP contribution >= 0.6 is 7.37 Å². The summed E-state index contributed by atoms with van der Waals surface area (Å²) in [6.45, 7) is 1.06. The lowest BCUT2D eigenvalue weighted by molar-refractivity contribution is -0.175. The third kappa shape index (κ3) is 8.48. The number of aryl methyl sites for hydroxylation is 1. The van der Waals surface area contributed by atoms with Gasteiger partial charge in [0.15, 0.2) is 5.85 Å². The maximum atomic E-state index is 14.4. The molecule has 0 spiro atoms. The van der Waals surface area contributed by atoms with E-state index in [0.717, 1.165) is 28.7 Å². The van der Waals surface area contributed by atoms with E-state index in [1.54, 1.807) is 0 Å². The minimum Gasteiger partial charge on any atom is -0.380 e. The number of hydrogen-bond acceptors (Lipinski definition) is 6. The molecule has 4 aromatic rings. The zero-order valence-corrected chi connectivity index (χ0v) is 24.6. The van der Waals surface area contributed by atoms with Gasteiger partial charge in [-0.3, -0.25) is 4.57 Å². The van der Waals surface area contributed by atoms with E-state index in [0.29, 0.717) is 19.6 Å². The fourth-order valence-corrected chi connectivity index (χ4v) is 7.63. The van der Waals surface area contributed by atoms with Gasteiger partial charge in [0, 0.05) is 6.16 Å². The van der Waals surface area contributed by atoms with Crippen LogP contribution in [0.4, 0.5) is 0 Å². The van der Waals surface area contributed by atoms with E-state index in [1.807, 2.05) is 121 Å². The Bertz CT molecular complexity index is 1370. The molecule has 1 aliphatic heterocycles. The molecule has 4 aromatic carbocycles. The summed E-state index contributed by atoms with van der Waals surface area (Å²) in [5.74, 6) is -1.33. The van der Waals surface area contributed by atoms with Crippen LogP contribution in [0.5, 0.6) is 0 Å². The SMILES string of the molecule is O=P1(CCCc2ccccc2)OC(COCc2ccccc2)C(OCc2ccccc2)C(OCc2ccccc2)C1O. The molecule has 0 aliphatic carbocycles. The Kier molecular flexibility index (Phi) is 11.1. The highest BCUT2D eigenvalue weighted by Crippen LogP contribution is 2.58. The molecule has 220 valence electrons. The minimum absolute atomic E-state index is 0.148. The topological polar surface area (TPSA) is 74.2 Å². The number of benzene rings is 4. The highest BCUT2D eigenvalue weighted by molar-refractivity contribution is 7.59. The smallest absolute Gasteiger partial charge is 0.233 e. The molecule has 0 saturated carbocycles. The second kappa shape index (κ2) is 15.4. The molecule has 1 saturated heterocycles. The molecule has 1 heterocycles. The number of rotatable bonds is 14. The van der Waals surface area contributed by atoms with Crippen LogP contribution in [0.1, 0.15) is 28.7 Å². The predicted molar refractivity (Wildman–Crippen MR) is 164 cm³/mol. The Morgan fingerprint density at radius 2 is 1.07 bits per heavy atom. The molecule has 5 atom stereocenters. The summed E-state index contributed by atoms with van der Waals surface area (Å²) >= 11 is 0. The molecular weight excluding hydrogens is 547 g/mol. The lowest BCUT2D eigenvalue weighted by Crippen LogP contribution is -2.54. The van der Waals surface area contributed by atoms with Crippen molar-refractivity contribution < 1.29 is 28.4 Å². The lowest BCUT2D eigenvalue weighted by Gasteiger charge is -2.44. The highest BCUT2D eigenvalue weighted by atomic mass is 31.2. The first-order chi connectivity index (χ1) is 20.6. The van der Waals surface area contributed by atoms with Crippen LogP contribution < -0.4 is 0 Å². The van der Waals surface area contributed by atoms with Gasteiger partial charge in [0.2, 0.25) is 7.37 Å². The molecular formula is C35H39O6P. The van der Waals surface area contributed by atoms with E-state index >= 15 is 0 Å². The normalized spacial score (nSPS) is 23.9. The van der Waals surface area contributed by atoms with Crippen LogP contribution in [0.15, 0.2) is 121 Å². The van der Waals surface area contributed by atoms with Crippen LogP contribution in [0.3, 0.4) is 0 Å². The molecule has 1 N–H and O–H groups in total. The first-order valence-corrected chi connectivity index (χ1v) is 16.4. The van der Waals surface area contributed by atoms with Crippen molar-refractivity contribution >= 4 is 7.37 Å². The maximum Gasteiger partial charge on any atom is 0.233 e. The van der Waals surface area contributed by atoms with E-state index in [4.69, 9.17) is 18.7 Å². The maximum absolute atomic E-state index is 14.4. The predicted octanol–water partition coefficient (Wildman–Crippen LogP) is 7.00. The molecule has 5 rings (SSSR count). The summed E-state index contributed by atoms with van der Waals surface area (Å²) < 4.78 is 39.6. The average molecular weight is 587 g/mol. The van der Waals surface area contributed by atoms with Crippen molar-refractivity contribution in [3.05, 3.63) is 144 Å². The summed E-state index contributed by atoms with van der Waals surface area (Å²) in [4.78, 5) is 0. The van der Waals surface area contributed by atoms with E-state index < -0.39 is 31.5 Å². The number of aliphatic hydroxyl groups is 1.